The Morgan fingerprint density at radius 1 is 1.47 bits per heavy atom. The van der Waals surface area contributed by atoms with Gasteiger partial charge in [0, 0.05) is 23.4 Å². The molecule has 2 unspecified atom stereocenters. The number of anilines is 1. The van der Waals surface area contributed by atoms with Gasteiger partial charge in [0.15, 0.2) is 0 Å². The number of nitrogens with one attached hydrogen (secondary N) is 1. The van der Waals surface area contributed by atoms with Crippen LogP contribution in [0.3, 0.4) is 0 Å². The van der Waals surface area contributed by atoms with Gasteiger partial charge in [0.2, 0.25) is 0 Å². The van der Waals surface area contributed by atoms with E-state index in [4.69, 9.17) is 22.1 Å². The zero-order chi connectivity index (χ0) is 10.7. The number of hydrogen-bond donors (Lipinski definition) is 2. The lowest BCUT2D eigenvalue weighted by Crippen LogP contribution is -2.45. The molecule has 4 heteroatoms. The lowest BCUT2D eigenvalue weighted by molar-refractivity contribution is 0.134. The SMILES string of the molecule is NC1[CH]OCCC1Nc1cccc(Cl)c1. The van der Waals surface area contributed by atoms with E-state index in [1.54, 1.807) is 6.61 Å². The predicted molar refractivity (Wildman–Crippen MR) is 61.7 cm³/mol. The van der Waals surface area contributed by atoms with Gasteiger partial charge in [-0.3, -0.25) is 0 Å². The summed E-state index contributed by atoms with van der Waals surface area (Å²) in [5, 5.41) is 4.08. The normalized spacial score (nSPS) is 26.3. The standard InChI is InChI=1S/C11H14ClN2O/c12-8-2-1-3-9(6-8)14-11-4-5-15-7-10(11)13/h1-3,6-7,10-11,14H,4-5,13H2. The van der Waals surface area contributed by atoms with Gasteiger partial charge in [0.1, 0.15) is 6.61 Å². The molecule has 1 aliphatic rings. The summed E-state index contributed by atoms with van der Waals surface area (Å²) >= 11 is 5.90. The summed E-state index contributed by atoms with van der Waals surface area (Å²) in [5.74, 6) is 0. The van der Waals surface area contributed by atoms with Gasteiger partial charge in [-0.2, -0.15) is 0 Å². The molecule has 2 atom stereocenters. The quantitative estimate of drug-likeness (QED) is 0.810. The number of benzene rings is 1. The van der Waals surface area contributed by atoms with Crippen molar-refractivity contribution in [2.75, 3.05) is 11.9 Å². The van der Waals surface area contributed by atoms with Crippen LogP contribution in [0.15, 0.2) is 24.3 Å². The van der Waals surface area contributed by atoms with Gasteiger partial charge in [0.05, 0.1) is 6.04 Å². The predicted octanol–water partition coefficient (Wildman–Crippen LogP) is 2.03. The number of hydrogen-bond acceptors (Lipinski definition) is 3. The van der Waals surface area contributed by atoms with E-state index in [0.717, 1.165) is 17.1 Å². The van der Waals surface area contributed by atoms with Crippen LogP contribution in [0.25, 0.3) is 0 Å². The molecular weight excluding hydrogens is 212 g/mol. The first kappa shape index (κ1) is 10.7. The van der Waals surface area contributed by atoms with Gasteiger partial charge in [-0.15, -0.1) is 0 Å². The van der Waals surface area contributed by atoms with Gasteiger partial charge in [0.25, 0.3) is 0 Å². The highest BCUT2D eigenvalue weighted by molar-refractivity contribution is 6.30. The van der Waals surface area contributed by atoms with Crippen molar-refractivity contribution in [2.24, 2.45) is 5.73 Å². The summed E-state index contributed by atoms with van der Waals surface area (Å²) in [4.78, 5) is 0. The fourth-order valence-corrected chi connectivity index (χ4v) is 1.81. The van der Waals surface area contributed by atoms with E-state index >= 15 is 0 Å². The summed E-state index contributed by atoms with van der Waals surface area (Å²) in [6.45, 7) is 2.40. The summed E-state index contributed by atoms with van der Waals surface area (Å²) < 4.78 is 5.16. The van der Waals surface area contributed by atoms with Gasteiger partial charge in [-0.1, -0.05) is 17.7 Å². The van der Waals surface area contributed by atoms with Crippen LogP contribution in [0.2, 0.25) is 5.02 Å². The fraction of sp³-hybridized carbons (Fsp3) is 0.364. The van der Waals surface area contributed by atoms with Crippen LogP contribution in [0.1, 0.15) is 6.42 Å². The number of nitrogens with two attached hydrogens (primary N) is 1. The lowest BCUT2D eigenvalue weighted by Gasteiger charge is -2.29. The average molecular weight is 226 g/mol. The molecule has 0 spiro atoms. The maximum absolute atomic E-state index is 5.90. The van der Waals surface area contributed by atoms with Gasteiger partial charge in [-0.25, -0.2) is 0 Å². The molecule has 1 aromatic rings. The van der Waals surface area contributed by atoms with Crippen LogP contribution in [0, 0.1) is 6.61 Å². The summed E-state index contributed by atoms with van der Waals surface area (Å²) in [6, 6.07) is 7.79. The van der Waals surface area contributed by atoms with E-state index in [9.17, 15) is 0 Å². The molecule has 2 rings (SSSR count). The third kappa shape index (κ3) is 2.84. The molecule has 0 amide bonds. The smallest absolute Gasteiger partial charge is 0.102 e. The number of halogens is 1. The minimum absolute atomic E-state index is 0.0715. The molecule has 15 heavy (non-hydrogen) atoms. The van der Waals surface area contributed by atoms with Crippen molar-refractivity contribution in [3.8, 4) is 0 Å². The fourth-order valence-electron chi connectivity index (χ4n) is 1.62. The van der Waals surface area contributed by atoms with Crippen molar-refractivity contribution in [3.05, 3.63) is 35.9 Å². The number of rotatable bonds is 2. The van der Waals surface area contributed by atoms with E-state index in [0.29, 0.717) is 6.61 Å². The van der Waals surface area contributed by atoms with Crippen molar-refractivity contribution in [2.45, 2.75) is 18.5 Å². The maximum atomic E-state index is 5.90. The summed E-state index contributed by atoms with van der Waals surface area (Å²) in [6.07, 6.45) is 0.907. The Morgan fingerprint density at radius 3 is 3.07 bits per heavy atom. The van der Waals surface area contributed by atoms with Crippen LogP contribution in [-0.4, -0.2) is 18.7 Å². The second-order valence-corrected chi connectivity index (χ2v) is 4.07. The van der Waals surface area contributed by atoms with Gasteiger partial charge in [-0.05, 0) is 24.6 Å². The van der Waals surface area contributed by atoms with Crippen molar-refractivity contribution < 1.29 is 4.74 Å². The highest BCUT2D eigenvalue weighted by atomic mass is 35.5. The van der Waals surface area contributed by atoms with Crippen LogP contribution in [-0.2, 0) is 4.74 Å². The average Bonchev–Trinajstić information content (AvgIpc) is 2.22. The second-order valence-electron chi connectivity index (χ2n) is 3.63. The largest absolute Gasteiger partial charge is 0.381 e. The monoisotopic (exact) mass is 225 g/mol. The third-order valence-electron chi connectivity index (χ3n) is 2.44. The van der Waals surface area contributed by atoms with Gasteiger partial charge < -0.3 is 15.8 Å². The number of ether oxygens (including phenoxy) is 1. The highest BCUT2D eigenvalue weighted by Crippen LogP contribution is 2.19. The third-order valence-corrected chi connectivity index (χ3v) is 2.68. The molecule has 1 heterocycles. The Hall–Kier alpha value is -0.770. The first-order valence-electron chi connectivity index (χ1n) is 4.98. The maximum Gasteiger partial charge on any atom is 0.102 e. The molecule has 0 bridgehead atoms. The lowest BCUT2D eigenvalue weighted by atomic mass is 10.0. The Labute approximate surface area is 94.6 Å². The molecule has 0 aliphatic carbocycles. The first-order valence-corrected chi connectivity index (χ1v) is 5.36. The second kappa shape index (κ2) is 4.84. The zero-order valence-corrected chi connectivity index (χ0v) is 9.08. The Kier molecular flexibility index (Phi) is 3.46. The molecule has 0 aromatic heterocycles. The molecule has 3 nitrogen and oxygen atoms in total. The van der Waals surface area contributed by atoms with E-state index in [1.807, 2.05) is 24.3 Å². The van der Waals surface area contributed by atoms with Crippen molar-refractivity contribution >= 4 is 17.3 Å². The Balaban J connectivity index is 2.01. The van der Waals surface area contributed by atoms with Crippen LogP contribution in [0.5, 0.6) is 0 Å². The summed E-state index contributed by atoms with van der Waals surface area (Å²) in [7, 11) is 0. The van der Waals surface area contributed by atoms with Crippen LogP contribution < -0.4 is 11.1 Å². The van der Waals surface area contributed by atoms with E-state index in [1.165, 1.54) is 0 Å². The molecule has 3 N–H and O–H groups in total. The van der Waals surface area contributed by atoms with E-state index in [-0.39, 0.29) is 12.1 Å². The minimum atomic E-state index is -0.0715. The molecule has 0 saturated carbocycles. The first-order chi connectivity index (χ1) is 7.25. The molecule has 81 valence electrons. The summed E-state index contributed by atoms with van der Waals surface area (Å²) in [5.41, 5.74) is 6.89. The minimum Gasteiger partial charge on any atom is -0.381 e. The molecule has 1 fully saturated rings. The van der Waals surface area contributed by atoms with Crippen molar-refractivity contribution in [3.63, 3.8) is 0 Å². The molecule has 1 aromatic carbocycles. The van der Waals surface area contributed by atoms with E-state index < -0.39 is 0 Å². The van der Waals surface area contributed by atoms with Crippen molar-refractivity contribution in [1.82, 2.24) is 0 Å². The molecule has 1 aliphatic heterocycles. The zero-order valence-electron chi connectivity index (χ0n) is 8.32. The van der Waals surface area contributed by atoms with Gasteiger partial charge >= 0.3 is 0 Å². The Morgan fingerprint density at radius 2 is 2.33 bits per heavy atom. The van der Waals surface area contributed by atoms with E-state index in [2.05, 4.69) is 5.32 Å². The van der Waals surface area contributed by atoms with Crippen LogP contribution in [0.4, 0.5) is 5.69 Å². The molecule has 1 saturated heterocycles. The van der Waals surface area contributed by atoms with Crippen molar-refractivity contribution in [1.29, 1.82) is 0 Å². The highest BCUT2D eigenvalue weighted by Gasteiger charge is 2.22. The topological polar surface area (TPSA) is 47.3 Å². The molecular formula is C11H14ClN2O. The van der Waals surface area contributed by atoms with Crippen LogP contribution >= 0.6 is 11.6 Å². The molecule has 1 radical (unpaired) electrons. The Bertz CT molecular complexity index is 332.